The molecule has 1 heterocycles. The quantitative estimate of drug-likeness (QED) is 0.913. The first-order valence-electron chi connectivity index (χ1n) is 7.02. The van der Waals surface area contributed by atoms with E-state index in [9.17, 15) is 0 Å². The molecule has 1 atom stereocenters. The lowest BCUT2D eigenvalue weighted by Crippen LogP contribution is -2.31. The molecule has 1 aromatic heterocycles. The number of aromatic nitrogens is 1. The fourth-order valence-electron chi connectivity index (χ4n) is 2.72. The molecule has 3 nitrogen and oxygen atoms in total. The average Bonchev–Trinajstić information content (AvgIpc) is 3.29. The summed E-state index contributed by atoms with van der Waals surface area (Å²) in [5.41, 5.74) is 9.03. The minimum atomic E-state index is 0.490. The zero-order chi connectivity index (χ0) is 13.4. The van der Waals surface area contributed by atoms with Crippen molar-refractivity contribution < 1.29 is 0 Å². The summed E-state index contributed by atoms with van der Waals surface area (Å²) < 4.78 is 0. The Hall–Kier alpha value is -1.61. The van der Waals surface area contributed by atoms with Crippen LogP contribution in [0.1, 0.15) is 25.5 Å². The minimum absolute atomic E-state index is 0.490. The fraction of sp³-hybridized carbons (Fsp3) is 0.438. The van der Waals surface area contributed by atoms with Gasteiger partial charge in [0.15, 0.2) is 0 Å². The van der Waals surface area contributed by atoms with Crippen LogP contribution in [0.4, 0.5) is 5.69 Å². The Morgan fingerprint density at radius 2 is 2.11 bits per heavy atom. The van der Waals surface area contributed by atoms with Gasteiger partial charge in [0, 0.05) is 30.7 Å². The molecule has 1 saturated carbocycles. The topological polar surface area (TPSA) is 42.1 Å². The van der Waals surface area contributed by atoms with Crippen LogP contribution < -0.4 is 10.6 Å². The van der Waals surface area contributed by atoms with Gasteiger partial charge in [0.1, 0.15) is 0 Å². The molecule has 0 bridgehead atoms. The largest absolute Gasteiger partial charge is 0.371 e. The van der Waals surface area contributed by atoms with Crippen LogP contribution in [0.15, 0.2) is 30.3 Å². The molecule has 100 valence electrons. The van der Waals surface area contributed by atoms with Crippen LogP contribution in [0.2, 0.25) is 0 Å². The van der Waals surface area contributed by atoms with Gasteiger partial charge in [0.2, 0.25) is 0 Å². The van der Waals surface area contributed by atoms with E-state index >= 15 is 0 Å². The summed E-state index contributed by atoms with van der Waals surface area (Å²) in [6, 6.07) is 11.0. The van der Waals surface area contributed by atoms with Gasteiger partial charge in [-0.15, -0.1) is 0 Å². The zero-order valence-electron chi connectivity index (χ0n) is 11.6. The number of nitrogens with two attached hydrogens (primary N) is 1. The Labute approximate surface area is 114 Å². The zero-order valence-corrected chi connectivity index (χ0v) is 11.6. The third-order valence-electron chi connectivity index (χ3n) is 4.25. The number of benzene rings is 1. The minimum Gasteiger partial charge on any atom is -0.371 e. The highest BCUT2D eigenvalue weighted by molar-refractivity contribution is 5.92. The first-order valence-corrected chi connectivity index (χ1v) is 7.02. The molecule has 2 N–H and O–H groups in total. The summed E-state index contributed by atoms with van der Waals surface area (Å²) in [7, 11) is 2.19. The predicted molar refractivity (Wildman–Crippen MR) is 80.2 cm³/mol. The molecule has 3 heteroatoms. The second kappa shape index (κ2) is 4.82. The van der Waals surface area contributed by atoms with Crippen LogP contribution >= 0.6 is 0 Å². The molecule has 1 aliphatic carbocycles. The van der Waals surface area contributed by atoms with Gasteiger partial charge in [0.05, 0.1) is 11.2 Å². The van der Waals surface area contributed by atoms with Crippen molar-refractivity contribution in [3.05, 3.63) is 36.0 Å². The molecule has 1 unspecified atom stereocenters. The molecule has 1 fully saturated rings. The summed E-state index contributed by atoms with van der Waals surface area (Å²) in [6.07, 6.45) is 2.72. The maximum absolute atomic E-state index is 5.78. The maximum Gasteiger partial charge on any atom is 0.0726 e. The SMILES string of the molecule is CC(C1CC1)N(C)c1cc(CN)nc2ccccc12. The van der Waals surface area contributed by atoms with Gasteiger partial charge in [-0.05, 0) is 37.8 Å². The van der Waals surface area contributed by atoms with Crippen LogP contribution in [0.5, 0.6) is 0 Å². The van der Waals surface area contributed by atoms with Crippen molar-refractivity contribution in [2.75, 3.05) is 11.9 Å². The van der Waals surface area contributed by atoms with Crippen molar-refractivity contribution in [3.8, 4) is 0 Å². The lowest BCUT2D eigenvalue weighted by molar-refractivity contribution is 0.610. The summed E-state index contributed by atoms with van der Waals surface area (Å²) in [5, 5.41) is 1.22. The molecule has 0 spiro atoms. The lowest BCUT2D eigenvalue weighted by Gasteiger charge is -2.28. The van der Waals surface area contributed by atoms with E-state index in [1.54, 1.807) is 0 Å². The van der Waals surface area contributed by atoms with Crippen LogP contribution in [-0.4, -0.2) is 18.1 Å². The molecule has 19 heavy (non-hydrogen) atoms. The molecule has 0 radical (unpaired) electrons. The first kappa shape index (κ1) is 12.4. The summed E-state index contributed by atoms with van der Waals surface area (Å²) in [4.78, 5) is 6.99. The Morgan fingerprint density at radius 1 is 1.37 bits per heavy atom. The monoisotopic (exact) mass is 255 g/mol. The van der Waals surface area contributed by atoms with Gasteiger partial charge >= 0.3 is 0 Å². The Morgan fingerprint density at radius 3 is 2.79 bits per heavy atom. The van der Waals surface area contributed by atoms with Crippen molar-refractivity contribution >= 4 is 16.6 Å². The average molecular weight is 255 g/mol. The Bertz CT molecular complexity index is 590. The lowest BCUT2D eigenvalue weighted by atomic mass is 10.1. The van der Waals surface area contributed by atoms with Crippen molar-refractivity contribution in [1.29, 1.82) is 0 Å². The van der Waals surface area contributed by atoms with Gasteiger partial charge in [-0.25, -0.2) is 0 Å². The smallest absolute Gasteiger partial charge is 0.0726 e. The van der Waals surface area contributed by atoms with E-state index in [2.05, 4.69) is 48.1 Å². The van der Waals surface area contributed by atoms with Crippen molar-refractivity contribution in [2.45, 2.75) is 32.4 Å². The van der Waals surface area contributed by atoms with Gasteiger partial charge < -0.3 is 10.6 Å². The molecule has 0 saturated heterocycles. The van der Waals surface area contributed by atoms with Crippen LogP contribution in [-0.2, 0) is 6.54 Å². The molecule has 1 aliphatic rings. The van der Waals surface area contributed by atoms with Gasteiger partial charge in [0.25, 0.3) is 0 Å². The van der Waals surface area contributed by atoms with E-state index in [-0.39, 0.29) is 0 Å². The highest BCUT2D eigenvalue weighted by atomic mass is 15.1. The van der Waals surface area contributed by atoms with Crippen molar-refractivity contribution in [1.82, 2.24) is 4.98 Å². The number of fused-ring (bicyclic) bond motifs is 1. The number of hydrogen-bond acceptors (Lipinski definition) is 3. The number of para-hydroxylation sites is 1. The molecular formula is C16H21N3. The number of hydrogen-bond donors (Lipinski definition) is 1. The normalized spacial score (nSPS) is 16.6. The Balaban J connectivity index is 2.09. The van der Waals surface area contributed by atoms with Gasteiger partial charge in [-0.3, -0.25) is 4.98 Å². The van der Waals surface area contributed by atoms with E-state index in [0.717, 1.165) is 17.1 Å². The standard InChI is InChI=1S/C16H21N3/c1-11(12-7-8-12)19(2)16-9-13(10-17)18-15-6-4-3-5-14(15)16/h3-6,9,11-12H,7-8,10,17H2,1-2H3. The van der Waals surface area contributed by atoms with E-state index in [0.29, 0.717) is 12.6 Å². The van der Waals surface area contributed by atoms with Crippen LogP contribution in [0.3, 0.4) is 0 Å². The van der Waals surface area contributed by atoms with E-state index < -0.39 is 0 Å². The number of rotatable bonds is 4. The second-order valence-corrected chi connectivity index (χ2v) is 5.54. The molecular weight excluding hydrogens is 234 g/mol. The highest BCUT2D eigenvalue weighted by Crippen LogP contribution is 2.37. The van der Waals surface area contributed by atoms with Gasteiger partial charge in [-0.2, -0.15) is 0 Å². The fourth-order valence-corrected chi connectivity index (χ4v) is 2.72. The van der Waals surface area contributed by atoms with E-state index in [1.807, 2.05) is 6.07 Å². The number of pyridine rings is 1. The molecule has 0 aliphatic heterocycles. The molecule has 1 aromatic carbocycles. The summed E-state index contributed by atoms with van der Waals surface area (Å²) >= 11 is 0. The first-order chi connectivity index (χ1) is 9.20. The third kappa shape index (κ3) is 2.30. The molecule has 0 amide bonds. The maximum atomic E-state index is 5.78. The molecule has 2 aromatic rings. The van der Waals surface area contributed by atoms with Gasteiger partial charge in [-0.1, -0.05) is 18.2 Å². The highest BCUT2D eigenvalue weighted by Gasteiger charge is 2.31. The number of anilines is 1. The van der Waals surface area contributed by atoms with E-state index in [4.69, 9.17) is 5.73 Å². The van der Waals surface area contributed by atoms with E-state index in [1.165, 1.54) is 23.9 Å². The number of nitrogens with zero attached hydrogens (tertiary/aromatic N) is 2. The predicted octanol–water partition coefficient (Wildman–Crippen LogP) is 2.93. The second-order valence-electron chi connectivity index (χ2n) is 5.54. The van der Waals surface area contributed by atoms with Crippen molar-refractivity contribution in [2.24, 2.45) is 11.7 Å². The summed E-state index contributed by atoms with van der Waals surface area (Å²) in [6.45, 7) is 2.80. The summed E-state index contributed by atoms with van der Waals surface area (Å²) in [5.74, 6) is 0.846. The van der Waals surface area contributed by atoms with Crippen molar-refractivity contribution in [3.63, 3.8) is 0 Å². The Kier molecular flexibility index (Phi) is 3.15. The third-order valence-corrected chi connectivity index (χ3v) is 4.25. The molecule has 3 rings (SSSR count). The van der Waals surface area contributed by atoms with Crippen LogP contribution in [0.25, 0.3) is 10.9 Å². The van der Waals surface area contributed by atoms with Crippen LogP contribution in [0, 0.1) is 5.92 Å².